The highest BCUT2D eigenvalue weighted by Crippen LogP contribution is 2.12. The van der Waals surface area contributed by atoms with Gasteiger partial charge >= 0.3 is 0 Å². The highest BCUT2D eigenvalue weighted by molar-refractivity contribution is 6.30. The van der Waals surface area contributed by atoms with Crippen molar-refractivity contribution in [1.29, 1.82) is 0 Å². The Bertz CT molecular complexity index is 568. The van der Waals surface area contributed by atoms with Crippen LogP contribution in [0.4, 0.5) is 0 Å². The number of halogens is 1. The molecule has 4 nitrogen and oxygen atoms in total. The second-order valence-corrected chi connectivity index (χ2v) is 4.18. The van der Waals surface area contributed by atoms with Gasteiger partial charge in [0, 0.05) is 17.3 Å². The van der Waals surface area contributed by atoms with Crippen LogP contribution in [0.1, 0.15) is 18.2 Å². The third-order valence-corrected chi connectivity index (χ3v) is 2.97. The van der Waals surface area contributed by atoms with Gasteiger partial charge in [0.25, 0.3) is 5.56 Å². The van der Waals surface area contributed by atoms with Crippen LogP contribution in [-0.4, -0.2) is 9.78 Å². The summed E-state index contributed by atoms with van der Waals surface area (Å²) in [5.74, 6) is 0. The fourth-order valence-electron chi connectivity index (χ4n) is 1.79. The van der Waals surface area contributed by atoms with E-state index in [0.717, 1.165) is 17.8 Å². The van der Waals surface area contributed by atoms with Gasteiger partial charge in [0.2, 0.25) is 0 Å². The number of H-pyrrole nitrogens is 1. The minimum Gasteiger partial charge on any atom is -0.326 e. The van der Waals surface area contributed by atoms with Crippen molar-refractivity contribution in [2.24, 2.45) is 5.73 Å². The van der Waals surface area contributed by atoms with Gasteiger partial charge in [-0.25, -0.2) is 4.68 Å². The molecule has 0 aliphatic heterocycles. The summed E-state index contributed by atoms with van der Waals surface area (Å²) < 4.78 is 1.50. The molecule has 5 heteroatoms. The Morgan fingerprint density at radius 3 is 2.47 bits per heavy atom. The Labute approximate surface area is 104 Å². The van der Waals surface area contributed by atoms with E-state index in [1.54, 1.807) is 24.3 Å². The molecule has 90 valence electrons. The van der Waals surface area contributed by atoms with E-state index in [0.29, 0.717) is 10.6 Å². The van der Waals surface area contributed by atoms with E-state index in [1.165, 1.54) is 4.68 Å². The third kappa shape index (κ3) is 2.14. The van der Waals surface area contributed by atoms with Crippen LogP contribution in [0.15, 0.2) is 29.1 Å². The van der Waals surface area contributed by atoms with E-state index in [2.05, 4.69) is 5.10 Å². The van der Waals surface area contributed by atoms with Crippen LogP contribution < -0.4 is 11.3 Å². The van der Waals surface area contributed by atoms with Gasteiger partial charge in [-0.3, -0.25) is 9.89 Å². The van der Waals surface area contributed by atoms with Crippen LogP contribution in [-0.2, 0) is 13.0 Å². The minimum atomic E-state index is -0.0910. The number of aromatic nitrogens is 2. The topological polar surface area (TPSA) is 63.8 Å². The molecule has 0 amide bonds. The van der Waals surface area contributed by atoms with Gasteiger partial charge in [-0.1, -0.05) is 18.5 Å². The zero-order valence-corrected chi connectivity index (χ0v) is 10.3. The Kier molecular flexibility index (Phi) is 3.36. The Morgan fingerprint density at radius 1 is 1.35 bits per heavy atom. The summed E-state index contributed by atoms with van der Waals surface area (Å²) in [5, 5.41) is 3.71. The lowest BCUT2D eigenvalue weighted by atomic mass is 10.2. The van der Waals surface area contributed by atoms with Crippen LogP contribution in [0.5, 0.6) is 0 Å². The lowest BCUT2D eigenvalue weighted by molar-refractivity contribution is 0.819. The lowest BCUT2D eigenvalue weighted by Gasteiger charge is -2.01. The maximum Gasteiger partial charge on any atom is 0.275 e. The molecule has 0 bridgehead atoms. The van der Waals surface area contributed by atoms with Crippen LogP contribution >= 0.6 is 11.6 Å². The maximum atomic E-state index is 12.1. The number of aromatic amines is 1. The molecule has 1 heterocycles. The first-order valence-corrected chi connectivity index (χ1v) is 5.84. The van der Waals surface area contributed by atoms with Gasteiger partial charge in [-0.15, -0.1) is 0 Å². The van der Waals surface area contributed by atoms with E-state index >= 15 is 0 Å². The molecular weight excluding hydrogens is 238 g/mol. The van der Waals surface area contributed by atoms with Gasteiger partial charge in [0.15, 0.2) is 0 Å². The monoisotopic (exact) mass is 251 g/mol. The number of benzene rings is 1. The number of rotatable bonds is 3. The Morgan fingerprint density at radius 2 is 2.00 bits per heavy atom. The molecule has 0 fully saturated rings. The Balaban J connectivity index is 2.56. The second kappa shape index (κ2) is 4.77. The highest BCUT2D eigenvalue weighted by atomic mass is 35.5. The first-order valence-electron chi connectivity index (χ1n) is 5.46. The number of hydrogen-bond acceptors (Lipinski definition) is 2. The van der Waals surface area contributed by atoms with Crippen LogP contribution in [0.2, 0.25) is 5.02 Å². The zero-order valence-electron chi connectivity index (χ0n) is 9.53. The number of aryl methyl sites for hydroxylation is 1. The van der Waals surface area contributed by atoms with Crippen LogP contribution in [0.3, 0.4) is 0 Å². The maximum absolute atomic E-state index is 12.1. The third-order valence-electron chi connectivity index (χ3n) is 2.71. The van der Waals surface area contributed by atoms with Crippen molar-refractivity contribution in [2.75, 3.05) is 0 Å². The first-order chi connectivity index (χ1) is 8.17. The van der Waals surface area contributed by atoms with E-state index in [4.69, 9.17) is 17.3 Å². The number of hydrogen-bond donors (Lipinski definition) is 2. The fraction of sp³-hybridized carbons (Fsp3) is 0.250. The van der Waals surface area contributed by atoms with E-state index in [1.807, 2.05) is 6.92 Å². The summed E-state index contributed by atoms with van der Waals surface area (Å²) in [6.07, 6.45) is 0.752. The molecule has 0 aliphatic rings. The van der Waals surface area contributed by atoms with Crippen molar-refractivity contribution in [1.82, 2.24) is 9.78 Å². The molecular formula is C12H14ClN3O. The SMILES string of the molecule is CCc1[nH]n(-c2ccc(Cl)cc2)c(=O)c1CN. The molecule has 1 aromatic carbocycles. The summed E-state index contributed by atoms with van der Waals surface area (Å²) in [5.41, 5.74) is 7.78. The molecule has 0 spiro atoms. The van der Waals surface area contributed by atoms with E-state index in [-0.39, 0.29) is 12.1 Å². The minimum absolute atomic E-state index is 0.0910. The fourth-order valence-corrected chi connectivity index (χ4v) is 1.92. The molecule has 0 atom stereocenters. The molecule has 0 saturated heterocycles. The summed E-state index contributed by atoms with van der Waals surface area (Å²) in [6.45, 7) is 2.23. The van der Waals surface area contributed by atoms with Crippen molar-refractivity contribution < 1.29 is 0 Å². The normalized spacial score (nSPS) is 10.8. The molecule has 0 aliphatic carbocycles. The largest absolute Gasteiger partial charge is 0.326 e. The second-order valence-electron chi connectivity index (χ2n) is 3.74. The van der Waals surface area contributed by atoms with Crippen LogP contribution in [0, 0.1) is 0 Å². The smallest absolute Gasteiger partial charge is 0.275 e. The molecule has 2 aromatic rings. The van der Waals surface area contributed by atoms with Gasteiger partial charge in [-0.05, 0) is 30.7 Å². The van der Waals surface area contributed by atoms with Crippen molar-refractivity contribution >= 4 is 11.6 Å². The van der Waals surface area contributed by atoms with Crippen molar-refractivity contribution in [3.8, 4) is 5.69 Å². The standard InChI is InChI=1S/C12H14ClN3O/c1-2-11-10(7-14)12(17)16(15-11)9-5-3-8(13)4-6-9/h3-6,15H,2,7,14H2,1H3. The number of nitrogens with one attached hydrogen (secondary N) is 1. The van der Waals surface area contributed by atoms with Crippen LogP contribution in [0.25, 0.3) is 5.69 Å². The van der Waals surface area contributed by atoms with Gasteiger partial charge < -0.3 is 5.73 Å². The summed E-state index contributed by atoms with van der Waals surface area (Å²) in [7, 11) is 0. The number of nitrogens with zero attached hydrogens (tertiary/aromatic N) is 1. The Hall–Kier alpha value is -1.52. The quantitative estimate of drug-likeness (QED) is 0.874. The molecule has 3 N–H and O–H groups in total. The van der Waals surface area contributed by atoms with Crippen molar-refractivity contribution in [3.63, 3.8) is 0 Å². The predicted octanol–water partition coefficient (Wildman–Crippen LogP) is 1.84. The molecule has 17 heavy (non-hydrogen) atoms. The number of nitrogens with two attached hydrogens (primary N) is 1. The van der Waals surface area contributed by atoms with E-state index < -0.39 is 0 Å². The highest BCUT2D eigenvalue weighted by Gasteiger charge is 2.12. The molecule has 1 aromatic heterocycles. The summed E-state index contributed by atoms with van der Waals surface area (Å²) in [6, 6.07) is 7.08. The zero-order chi connectivity index (χ0) is 12.4. The molecule has 0 unspecified atom stereocenters. The average Bonchev–Trinajstić information content (AvgIpc) is 2.66. The molecule has 0 saturated carbocycles. The van der Waals surface area contributed by atoms with Gasteiger partial charge in [0.1, 0.15) is 0 Å². The average molecular weight is 252 g/mol. The summed E-state index contributed by atoms with van der Waals surface area (Å²) in [4.78, 5) is 12.1. The van der Waals surface area contributed by atoms with Gasteiger partial charge in [-0.2, -0.15) is 0 Å². The molecule has 0 radical (unpaired) electrons. The molecule has 2 rings (SSSR count). The van der Waals surface area contributed by atoms with Crippen molar-refractivity contribution in [2.45, 2.75) is 19.9 Å². The van der Waals surface area contributed by atoms with Gasteiger partial charge in [0.05, 0.1) is 11.3 Å². The van der Waals surface area contributed by atoms with E-state index in [9.17, 15) is 4.79 Å². The summed E-state index contributed by atoms with van der Waals surface area (Å²) >= 11 is 5.81. The lowest BCUT2D eigenvalue weighted by Crippen LogP contribution is -2.19. The predicted molar refractivity (Wildman–Crippen MR) is 68.7 cm³/mol. The first kappa shape index (κ1) is 12.0. The van der Waals surface area contributed by atoms with Crippen molar-refractivity contribution in [3.05, 3.63) is 50.9 Å².